The predicted molar refractivity (Wildman–Crippen MR) is 193 cm³/mol. The van der Waals surface area contributed by atoms with Gasteiger partial charge in [-0.05, 0) is 64.4 Å². The van der Waals surface area contributed by atoms with Crippen molar-refractivity contribution in [3.8, 4) is 50.8 Å². The monoisotopic (exact) mass is 600 g/mol. The van der Waals surface area contributed by atoms with Crippen molar-refractivity contribution in [1.82, 2.24) is 19.5 Å². The number of nitrogens with zero attached hydrogens (tertiary/aromatic N) is 4. The summed E-state index contributed by atoms with van der Waals surface area (Å²) in [6.45, 7) is 0. The van der Waals surface area contributed by atoms with Crippen LogP contribution in [0.4, 0.5) is 0 Å². The molecule has 0 saturated carbocycles. The predicted octanol–water partition coefficient (Wildman–Crippen LogP) is 10.8. The number of rotatable bonds is 5. The summed E-state index contributed by atoms with van der Waals surface area (Å²) < 4.78 is 2.36. The van der Waals surface area contributed by atoms with Crippen molar-refractivity contribution in [3.63, 3.8) is 0 Å². The number of fused-ring (bicyclic) bond motifs is 4. The van der Waals surface area contributed by atoms with Gasteiger partial charge in [0.2, 0.25) is 0 Å². The van der Waals surface area contributed by atoms with Crippen molar-refractivity contribution in [2.45, 2.75) is 0 Å². The zero-order valence-corrected chi connectivity index (χ0v) is 25.5. The lowest BCUT2D eigenvalue weighted by Gasteiger charge is -2.14. The molecule has 0 bridgehead atoms. The van der Waals surface area contributed by atoms with Crippen LogP contribution in [0, 0.1) is 0 Å². The van der Waals surface area contributed by atoms with E-state index in [0.717, 1.165) is 39.3 Å². The van der Waals surface area contributed by atoms with Gasteiger partial charge in [0.05, 0.1) is 28.1 Å². The fourth-order valence-corrected chi connectivity index (χ4v) is 6.71. The second-order valence-electron chi connectivity index (χ2n) is 11.7. The Kier molecular flexibility index (Phi) is 6.43. The first kappa shape index (κ1) is 27.0. The van der Waals surface area contributed by atoms with Crippen LogP contribution in [0.1, 0.15) is 0 Å². The summed E-state index contributed by atoms with van der Waals surface area (Å²) in [4.78, 5) is 14.6. The summed E-state index contributed by atoms with van der Waals surface area (Å²) in [5.41, 5.74) is 10.4. The standard InChI is InChI=1S/C43H28N4/c1-2-12-30(13-3-1)43-45-39(28-40(46-43)38-18-10-11-27-44-38)35-26-25-32(33-14-4-5-15-34(33)35)29-21-23-31(24-22-29)47-41-19-8-6-16-36(41)37-17-7-9-20-42(37)47/h1-28H. The SMILES string of the molecule is c1ccc(-c2nc(-c3ccccn3)cc(-c3ccc(-c4ccc(-n5c6ccccc6c6ccccc65)cc4)c4ccccc34)n2)cc1. The van der Waals surface area contributed by atoms with E-state index < -0.39 is 0 Å². The quantitative estimate of drug-likeness (QED) is 0.197. The summed E-state index contributed by atoms with van der Waals surface area (Å²) in [5, 5.41) is 4.84. The maximum Gasteiger partial charge on any atom is 0.160 e. The first-order valence-corrected chi connectivity index (χ1v) is 15.8. The fraction of sp³-hybridized carbons (Fsp3) is 0. The molecule has 0 aliphatic heterocycles. The molecule has 0 N–H and O–H groups in total. The molecule has 47 heavy (non-hydrogen) atoms. The number of hydrogen-bond donors (Lipinski definition) is 0. The molecule has 0 aliphatic carbocycles. The zero-order chi connectivity index (χ0) is 31.2. The molecule has 0 aliphatic rings. The topological polar surface area (TPSA) is 43.6 Å². The van der Waals surface area contributed by atoms with Crippen molar-refractivity contribution >= 4 is 32.6 Å². The van der Waals surface area contributed by atoms with Crippen LogP contribution in [0.25, 0.3) is 83.4 Å². The van der Waals surface area contributed by atoms with Crippen LogP contribution in [0.3, 0.4) is 0 Å². The molecule has 0 radical (unpaired) electrons. The third-order valence-electron chi connectivity index (χ3n) is 8.90. The molecule has 220 valence electrons. The van der Waals surface area contributed by atoms with Crippen LogP contribution in [-0.4, -0.2) is 19.5 Å². The first-order chi connectivity index (χ1) is 23.3. The van der Waals surface area contributed by atoms with Gasteiger partial charge in [-0.25, -0.2) is 9.97 Å². The fourth-order valence-electron chi connectivity index (χ4n) is 6.71. The van der Waals surface area contributed by atoms with Gasteiger partial charge in [-0.3, -0.25) is 4.98 Å². The highest BCUT2D eigenvalue weighted by molar-refractivity contribution is 6.09. The van der Waals surface area contributed by atoms with E-state index in [0.29, 0.717) is 5.82 Å². The van der Waals surface area contributed by atoms with Gasteiger partial charge in [0.15, 0.2) is 5.82 Å². The van der Waals surface area contributed by atoms with Crippen molar-refractivity contribution in [1.29, 1.82) is 0 Å². The highest BCUT2D eigenvalue weighted by Crippen LogP contribution is 2.38. The van der Waals surface area contributed by atoms with E-state index in [2.05, 4.69) is 125 Å². The van der Waals surface area contributed by atoms with E-state index in [1.807, 2.05) is 48.5 Å². The van der Waals surface area contributed by atoms with Crippen molar-refractivity contribution < 1.29 is 0 Å². The molecule has 0 fully saturated rings. The van der Waals surface area contributed by atoms with Gasteiger partial charge >= 0.3 is 0 Å². The average Bonchev–Trinajstić information content (AvgIpc) is 3.49. The third kappa shape index (κ3) is 4.66. The highest BCUT2D eigenvalue weighted by Gasteiger charge is 2.16. The van der Waals surface area contributed by atoms with Crippen LogP contribution in [-0.2, 0) is 0 Å². The average molecular weight is 601 g/mol. The van der Waals surface area contributed by atoms with Gasteiger partial charge in [-0.2, -0.15) is 0 Å². The Hall–Kier alpha value is -6.39. The summed E-state index contributed by atoms with van der Waals surface area (Å²) in [6, 6.07) is 57.3. The normalized spacial score (nSPS) is 11.4. The molecule has 3 heterocycles. The molecule has 0 unspecified atom stereocenters. The van der Waals surface area contributed by atoms with E-state index in [9.17, 15) is 0 Å². The third-order valence-corrected chi connectivity index (χ3v) is 8.90. The van der Waals surface area contributed by atoms with Gasteiger partial charge in [0.1, 0.15) is 0 Å². The smallest absolute Gasteiger partial charge is 0.160 e. The molecule has 4 nitrogen and oxygen atoms in total. The Morgan fingerprint density at radius 1 is 0.383 bits per heavy atom. The maximum absolute atomic E-state index is 5.10. The minimum absolute atomic E-state index is 0.678. The molecule has 9 rings (SSSR count). The zero-order valence-electron chi connectivity index (χ0n) is 25.5. The highest BCUT2D eigenvalue weighted by atomic mass is 15.0. The summed E-state index contributed by atoms with van der Waals surface area (Å²) in [7, 11) is 0. The maximum atomic E-state index is 5.10. The van der Waals surface area contributed by atoms with Gasteiger partial charge in [0.25, 0.3) is 0 Å². The van der Waals surface area contributed by atoms with Crippen LogP contribution in [0.5, 0.6) is 0 Å². The van der Waals surface area contributed by atoms with Crippen molar-refractivity contribution in [3.05, 3.63) is 170 Å². The lowest BCUT2D eigenvalue weighted by atomic mass is 9.93. The molecule has 4 heteroatoms. The van der Waals surface area contributed by atoms with Gasteiger partial charge < -0.3 is 4.57 Å². The second-order valence-corrected chi connectivity index (χ2v) is 11.7. The summed E-state index contributed by atoms with van der Waals surface area (Å²) in [6.07, 6.45) is 1.80. The van der Waals surface area contributed by atoms with Gasteiger partial charge in [-0.1, -0.05) is 121 Å². The van der Waals surface area contributed by atoms with Crippen LogP contribution in [0.2, 0.25) is 0 Å². The lowest BCUT2D eigenvalue weighted by Crippen LogP contribution is -1.97. The number of hydrogen-bond acceptors (Lipinski definition) is 3. The second kappa shape index (κ2) is 11.2. The van der Waals surface area contributed by atoms with Crippen molar-refractivity contribution in [2.75, 3.05) is 0 Å². The summed E-state index contributed by atoms with van der Waals surface area (Å²) >= 11 is 0. The molecule has 0 saturated heterocycles. The number of aromatic nitrogens is 4. The van der Waals surface area contributed by atoms with Crippen LogP contribution < -0.4 is 0 Å². The first-order valence-electron chi connectivity index (χ1n) is 15.8. The summed E-state index contributed by atoms with van der Waals surface area (Å²) in [5.74, 6) is 0.678. The Bertz CT molecular complexity index is 2440. The Labute approximate surface area is 272 Å². The van der Waals surface area contributed by atoms with Crippen LogP contribution in [0.15, 0.2) is 170 Å². The molecule has 0 amide bonds. The Morgan fingerprint density at radius 2 is 0.957 bits per heavy atom. The van der Waals surface area contributed by atoms with E-state index >= 15 is 0 Å². The Balaban J connectivity index is 1.17. The molecule has 6 aromatic carbocycles. The van der Waals surface area contributed by atoms with Gasteiger partial charge in [-0.15, -0.1) is 0 Å². The number of para-hydroxylation sites is 2. The van der Waals surface area contributed by atoms with E-state index in [1.54, 1.807) is 6.20 Å². The van der Waals surface area contributed by atoms with Crippen LogP contribution >= 0.6 is 0 Å². The van der Waals surface area contributed by atoms with E-state index in [-0.39, 0.29) is 0 Å². The molecule has 0 atom stereocenters. The van der Waals surface area contributed by atoms with E-state index in [1.165, 1.54) is 38.3 Å². The van der Waals surface area contributed by atoms with E-state index in [4.69, 9.17) is 9.97 Å². The number of pyridine rings is 1. The van der Waals surface area contributed by atoms with Crippen molar-refractivity contribution in [2.24, 2.45) is 0 Å². The molecule has 9 aromatic rings. The molecule has 0 spiro atoms. The lowest BCUT2D eigenvalue weighted by molar-refractivity contribution is 1.16. The Morgan fingerprint density at radius 3 is 1.64 bits per heavy atom. The number of benzene rings is 6. The van der Waals surface area contributed by atoms with Gasteiger partial charge in [0, 0.05) is 33.8 Å². The largest absolute Gasteiger partial charge is 0.309 e. The molecular formula is C43H28N4. The minimum Gasteiger partial charge on any atom is -0.309 e. The molecule has 3 aromatic heterocycles. The molecular weight excluding hydrogens is 573 g/mol. The minimum atomic E-state index is 0.678.